The molecule has 170 valence electrons. The average molecular weight is 443 g/mol. The fourth-order valence-electron chi connectivity index (χ4n) is 3.60. The third-order valence-corrected chi connectivity index (χ3v) is 5.23. The maximum absolute atomic E-state index is 13.3. The molecule has 2 aliphatic heterocycles. The number of ether oxygens (including phenoxy) is 3. The minimum Gasteiger partial charge on any atom is -0.497 e. The Morgan fingerprint density at radius 3 is 2.59 bits per heavy atom. The molecule has 1 aromatic rings. The van der Waals surface area contributed by atoms with Crippen LogP contribution >= 0.6 is 0 Å². The molecule has 32 heavy (non-hydrogen) atoms. The molecular weight excluding hydrogens is 416 g/mol. The van der Waals surface area contributed by atoms with Gasteiger partial charge in [0.1, 0.15) is 23.5 Å². The van der Waals surface area contributed by atoms with E-state index in [1.165, 1.54) is 25.8 Å². The maximum Gasteiger partial charge on any atom is 0.446 e. The zero-order valence-corrected chi connectivity index (χ0v) is 18.8. The van der Waals surface area contributed by atoms with Gasteiger partial charge in [0.05, 0.1) is 33.6 Å². The van der Waals surface area contributed by atoms with Crippen molar-refractivity contribution in [2.45, 2.75) is 20.3 Å². The first-order valence-corrected chi connectivity index (χ1v) is 10.2. The van der Waals surface area contributed by atoms with Crippen molar-refractivity contribution in [2.75, 3.05) is 39.7 Å². The first kappa shape index (κ1) is 23.0. The molecule has 0 aliphatic carbocycles. The highest BCUT2D eigenvalue weighted by atomic mass is 16.5. The molecule has 1 N–H and O–H groups in total. The van der Waals surface area contributed by atoms with Crippen molar-refractivity contribution < 1.29 is 33.2 Å². The number of hydrogen-bond donors (Lipinski definition) is 1. The first-order chi connectivity index (χ1) is 15.4. The van der Waals surface area contributed by atoms with Crippen LogP contribution in [-0.2, 0) is 14.3 Å². The van der Waals surface area contributed by atoms with E-state index in [1.807, 2.05) is 13.8 Å². The molecule has 0 radical (unpaired) electrons. The van der Waals surface area contributed by atoms with Crippen LogP contribution in [0.5, 0.6) is 11.5 Å². The molecule has 0 saturated carbocycles. The van der Waals surface area contributed by atoms with E-state index < -0.39 is 30.3 Å². The van der Waals surface area contributed by atoms with Crippen LogP contribution in [0.2, 0.25) is 0 Å². The summed E-state index contributed by atoms with van der Waals surface area (Å²) in [5.41, 5.74) is 1.14. The Labute approximate surface area is 186 Å². The molecule has 4 amide bonds. The van der Waals surface area contributed by atoms with Crippen LogP contribution in [0.3, 0.4) is 0 Å². The molecule has 2 heterocycles. The van der Waals surface area contributed by atoms with E-state index in [4.69, 9.17) is 14.2 Å². The van der Waals surface area contributed by atoms with Crippen LogP contribution in [0.15, 0.2) is 34.5 Å². The minimum absolute atomic E-state index is 0.284. The topological polar surface area (TPSA) is 110 Å². The largest absolute Gasteiger partial charge is 0.497 e. The van der Waals surface area contributed by atoms with E-state index >= 15 is 0 Å². The highest BCUT2D eigenvalue weighted by Crippen LogP contribution is 2.31. The van der Waals surface area contributed by atoms with E-state index in [2.05, 4.69) is 10.3 Å². The van der Waals surface area contributed by atoms with Gasteiger partial charge in [0.2, 0.25) is 0 Å². The Hall–Kier alpha value is -3.69. The average Bonchev–Trinajstić information content (AvgIpc) is 2.80. The van der Waals surface area contributed by atoms with E-state index in [1.54, 1.807) is 24.4 Å². The van der Waals surface area contributed by atoms with Crippen molar-refractivity contribution in [3.05, 3.63) is 29.5 Å². The number of fused-ring (bicyclic) bond motifs is 1. The lowest BCUT2D eigenvalue weighted by atomic mass is 9.94. The maximum atomic E-state index is 13.3. The summed E-state index contributed by atoms with van der Waals surface area (Å²) >= 11 is 0. The summed E-state index contributed by atoms with van der Waals surface area (Å²) in [5.74, 6) is -0.315. The van der Waals surface area contributed by atoms with Crippen LogP contribution in [0, 0.1) is 5.92 Å². The number of allylic oxidation sites excluding steroid dienone is 1. The van der Waals surface area contributed by atoms with Crippen molar-refractivity contribution in [2.24, 2.45) is 10.9 Å². The molecule has 1 atom stereocenters. The van der Waals surface area contributed by atoms with E-state index in [-0.39, 0.29) is 5.84 Å². The molecule has 10 nitrogen and oxygen atoms in total. The number of amides is 4. The standard InChI is InChI=1S/C22H26N4O6/c1-6-13-11-23-20-18(19(13)32-7-2)21(28)26(22(29)25(20)3)12-17(27)24-15-10-14(30-4)8-9-16(15)31-5/h8-11,18H,6-7,12H2,1-5H3/p+1. The van der Waals surface area contributed by atoms with Gasteiger partial charge in [0, 0.05) is 11.6 Å². The fraction of sp³-hybridized carbons (Fsp3) is 0.409. The van der Waals surface area contributed by atoms with Gasteiger partial charge >= 0.3 is 11.9 Å². The number of aliphatic imine (C=N–C) groups is 1. The molecule has 1 aromatic carbocycles. The van der Waals surface area contributed by atoms with Crippen LogP contribution in [0.25, 0.3) is 0 Å². The highest BCUT2D eigenvalue weighted by molar-refractivity contribution is 6.17. The molecule has 1 unspecified atom stereocenters. The lowest BCUT2D eigenvalue weighted by Crippen LogP contribution is -2.56. The zero-order chi connectivity index (χ0) is 23.4. The second kappa shape index (κ2) is 9.63. The number of anilines is 1. The monoisotopic (exact) mass is 443 g/mol. The van der Waals surface area contributed by atoms with Gasteiger partial charge in [0.15, 0.2) is 12.5 Å². The van der Waals surface area contributed by atoms with Gasteiger partial charge in [-0.25, -0.2) is 4.79 Å². The molecule has 2 aliphatic rings. The van der Waals surface area contributed by atoms with E-state index in [0.29, 0.717) is 36.0 Å². The van der Waals surface area contributed by atoms with E-state index in [0.717, 1.165) is 10.5 Å². The fourth-order valence-corrected chi connectivity index (χ4v) is 3.60. The second-order valence-corrected chi connectivity index (χ2v) is 7.11. The number of nitrogens with one attached hydrogen (secondary N) is 1. The van der Waals surface area contributed by atoms with Crippen LogP contribution < -0.4 is 14.8 Å². The number of carbonyl (C=O) groups excluding carboxylic acids is 3. The van der Waals surface area contributed by atoms with Gasteiger partial charge in [0.25, 0.3) is 11.7 Å². The van der Waals surface area contributed by atoms with E-state index in [9.17, 15) is 14.4 Å². The molecular formula is C22H27N4O6+. The predicted molar refractivity (Wildman–Crippen MR) is 117 cm³/mol. The summed E-state index contributed by atoms with van der Waals surface area (Å²) in [7, 11) is 4.49. The third kappa shape index (κ3) is 4.20. The van der Waals surface area contributed by atoms with Crippen molar-refractivity contribution in [3.8, 4) is 11.5 Å². The normalized spacial score (nSPS) is 18.0. The van der Waals surface area contributed by atoms with Crippen LogP contribution in [-0.4, -0.2) is 73.8 Å². The summed E-state index contributed by atoms with van der Waals surface area (Å²) < 4.78 is 17.5. The van der Waals surface area contributed by atoms with Crippen LogP contribution in [0.1, 0.15) is 20.3 Å². The molecule has 10 heteroatoms. The predicted octanol–water partition coefficient (Wildman–Crippen LogP) is 2.05. The van der Waals surface area contributed by atoms with Gasteiger partial charge in [-0.3, -0.25) is 9.59 Å². The Morgan fingerprint density at radius 2 is 1.97 bits per heavy atom. The number of dihydropyridines is 1. The number of nitrogens with zero attached hydrogens (tertiary/aromatic N) is 3. The summed E-state index contributed by atoms with van der Waals surface area (Å²) in [6.45, 7) is 3.63. The zero-order valence-electron chi connectivity index (χ0n) is 18.8. The SMILES string of the molecule is CCOC1=C(CC)C=NC2=[N+](C)C(=O)N(CC(=O)Nc3cc(OC)ccc3OC)C(=O)C12. The number of urea groups is 1. The second-order valence-electron chi connectivity index (χ2n) is 7.11. The van der Waals surface area contributed by atoms with Gasteiger partial charge in [-0.1, -0.05) is 6.92 Å². The minimum atomic E-state index is -0.878. The lowest BCUT2D eigenvalue weighted by molar-refractivity contribution is -0.408. The Kier molecular flexibility index (Phi) is 6.92. The summed E-state index contributed by atoms with van der Waals surface area (Å²) in [4.78, 5) is 44.2. The van der Waals surface area contributed by atoms with Crippen LogP contribution in [0.4, 0.5) is 10.5 Å². The van der Waals surface area contributed by atoms with Gasteiger partial charge in [-0.2, -0.15) is 9.48 Å². The molecule has 0 aromatic heterocycles. The van der Waals surface area contributed by atoms with Gasteiger partial charge < -0.3 is 19.5 Å². The number of benzene rings is 1. The van der Waals surface area contributed by atoms with Crippen molar-refractivity contribution in [1.82, 2.24) is 4.90 Å². The summed E-state index contributed by atoms with van der Waals surface area (Å²) in [6, 6.07) is 4.29. The van der Waals surface area contributed by atoms with Crippen molar-refractivity contribution in [3.63, 3.8) is 0 Å². The molecule has 0 bridgehead atoms. The van der Waals surface area contributed by atoms with Crippen molar-refractivity contribution >= 4 is 35.6 Å². The summed E-state index contributed by atoms with van der Waals surface area (Å²) in [6.07, 6.45) is 2.23. The molecule has 0 saturated heterocycles. The lowest BCUT2D eigenvalue weighted by Gasteiger charge is -2.29. The molecule has 3 rings (SSSR count). The Morgan fingerprint density at radius 1 is 1.22 bits per heavy atom. The smallest absolute Gasteiger partial charge is 0.446 e. The number of carbonyl (C=O) groups is 3. The number of rotatable bonds is 8. The number of hydrogen-bond acceptors (Lipinski definition) is 7. The van der Waals surface area contributed by atoms with Gasteiger partial charge in [-0.05, 0) is 25.5 Å². The first-order valence-electron chi connectivity index (χ1n) is 10.2. The van der Waals surface area contributed by atoms with Crippen molar-refractivity contribution in [1.29, 1.82) is 0 Å². The third-order valence-electron chi connectivity index (χ3n) is 5.23. The molecule has 0 spiro atoms. The van der Waals surface area contributed by atoms with Gasteiger partial charge in [-0.15, -0.1) is 4.99 Å². The Bertz CT molecular complexity index is 1040. The number of methoxy groups -OCH3 is 2. The summed E-state index contributed by atoms with van der Waals surface area (Å²) in [5, 5.41) is 2.68. The highest BCUT2D eigenvalue weighted by Gasteiger charge is 2.51. The quantitative estimate of drug-likeness (QED) is 0.616. The molecule has 0 fully saturated rings. The Balaban J connectivity index is 1.88. The number of imide groups is 1. The number of amidine groups is 1.